The number of rotatable bonds is 8. The Bertz CT molecular complexity index is 1120. The number of benzene rings is 1. The average molecular weight is 432 g/mol. The molecule has 1 fully saturated rings. The maximum absolute atomic E-state index is 13.1. The van der Waals surface area contributed by atoms with E-state index in [4.69, 9.17) is 9.15 Å². The number of likely N-dealkylation sites (tertiary alicyclic amines) is 1. The molecule has 3 aromatic rings. The Hall–Kier alpha value is -3.87. The van der Waals surface area contributed by atoms with Crippen LogP contribution >= 0.6 is 0 Å². The number of nitrogens with zero attached hydrogens (tertiary/aromatic N) is 2. The average Bonchev–Trinajstić information content (AvgIpc) is 3.42. The SMILES string of the molecule is CCCCOc1cccc(C2C(=C(O)c3ccncc3)C(=O)C(=O)N2Cc2ccco2)c1. The number of hydrogen-bond acceptors (Lipinski definition) is 6. The van der Waals surface area contributed by atoms with Gasteiger partial charge in [-0.15, -0.1) is 0 Å². The summed E-state index contributed by atoms with van der Waals surface area (Å²) in [7, 11) is 0. The van der Waals surface area contributed by atoms with Gasteiger partial charge in [-0.2, -0.15) is 0 Å². The van der Waals surface area contributed by atoms with Crippen molar-refractivity contribution in [2.75, 3.05) is 6.61 Å². The molecule has 0 spiro atoms. The molecular formula is C25H24N2O5. The predicted molar refractivity (Wildman–Crippen MR) is 118 cm³/mol. The predicted octanol–water partition coefficient (Wildman–Crippen LogP) is 4.48. The van der Waals surface area contributed by atoms with E-state index in [2.05, 4.69) is 11.9 Å². The van der Waals surface area contributed by atoms with E-state index in [1.807, 2.05) is 18.2 Å². The first-order valence-corrected chi connectivity index (χ1v) is 10.5. The minimum atomic E-state index is -0.789. The van der Waals surface area contributed by atoms with Gasteiger partial charge >= 0.3 is 0 Å². The van der Waals surface area contributed by atoms with Gasteiger partial charge in [-0.1, -0.05) is 25.5 Å². The fraction of sp³-hybridized carbons (Fsp3) is 0.240. The van der Waals surface area contributed by atoms with Gasteiger partial charge in [0.2, 0.25) is 0 Å². The summed E-state index contributed by atoms with van der Waals surface area (Å²) in [6.07, 6.45) is 6.48. The molecule has 7 nitrogen and oxygen atoms in total. The summed E-state index contributed by atoms with van der Waals surface area (Å²) in [6, 6.07) is 13.1. The highest BCUT2D eigenvalue weighted by atomic mass is 16.5. The largest absolute Gasteiger partial charge is 0.507 e. The number of pyridine rings is 1. The molecule has 1 aromatic carbocycles. The zero-order valence-electron chi connectivity index (χ0n) is 17.7. The third-order valence-corrected chi connectivity index (χ3v) is 5.34. The number of carbonyl (C=O) groups excluding carboxylic acids is 2. The standard InChI is InChI=1S/C25H24N2O5/c1-2-3-13-31-19-7-4-6-18(15-19)22-21(23(28)17-9-11-26-12-10-17)24(29)25(30)27(22)16-20-8-5-14-32-20/h4-12,14-15,22,28H,2-3,13,16H2,1H3. The van der Waals surface area contributed by atoms with Crippen molar-refractivity contribution in [2.24, 2.45) is 0 Å². The number of unbranched alkanes of at least 4 members (excludes halogenated alkanes) is 1. The molecule has 2 aromatic heterocycles. The van der Waals surface area contributed by atoms with Crippen molar-refractivity contribution in [3.63, 3.8) is 0 Å². The van der Waals surface area contributed by atoms with Crippen LogP contribution in [-0.4, -0.2) is 33.3 Å². The monoisotopic (exact) mass is 432 g/mol. The highest BCUT2D eigenvalue weighted by Crippen LogP contribution is 2.41. The number of hydrogen-bond donors (Lipinski definition) is 1. The lowest BCUT2D eigenvalue weighted by Crippen LogP contribution is -2.29. The van der Waals surface area contributed by atoms with Crippen LogP contribution in [0.15, 0.2) is 77.2 Å². The minimum absolute atomic E-state index is 0.0264. The van der Waals surface area contributed by atoms with Crippen molar-refractivity contribution in [1.82, 2.24) is 9.88 Å². The summed E-state index contributed by atoms with van der Waals surface area (Å²) in [4.78, 5) is 31.4. The van der Waals surface area contributed by atoms with E-state index in [-0.39, 0.29) is 17.9 Å². The molecule has 1 amide bonds. The molecule has 1 aliphatic heterocycles. The third kappa shape index (κ3) is 4.27. The molecule has 7 heteroatoms. The Morgan fingerprint density at radius 2 is 1.97 bits per heavy atom. The van der Waals surface area contributed by atoms with Gasteiger partial charge in [-0.3, -0.25) is 14.6 Å². The lowest BCUT2D eigenvalue weighted by molar-refractivity contribution is -0.140. The molecule has 1 saturated heterocycles. The number of carbonyl (C=O) groups is 2. The van der Waals surface area contributed by atoms with Crippen molar-refractivity contribution in [1.29, 1.82) is 0 Å². The Labute approximate surface area is 186 Å². The zero-order chi connectivity index (χ0) is 22.5. The summed E-state index contributed by atoms with van der Waals surface area (Å²) < 4.78 is 11.2. The van der Waals surface area contributed by atoms with E-state index >= 15 is 0 Å². The third-order valence-electron chi connectivity index (χ3n) is 5.34. The molecule has 164 valence electrons. The van der Waals surface area contributed by atoms with Gasteiger partial charge in [0, 0.05) is 18.0 Å². The van der Waals surface area contributed by atoms with Crippen molar-refractivity contribution >= 4 is 17.4 Å². The smallest absolute Gasteiger partial charge is 0.296 e. The van der Waals surface area contributed by atoms with E-state index in [0.29, 0.717) is 29.2 Å². The Kier molecular flexibility index (Phi) is 6.35. The second-order valence-electron chi connectivity index (χ2n) is 7.52. The first-order chi connectivity index (χ1) is 15.6. The lowest BCUT2D eigenvalue weighted by Gasteiger charge is -2.25. The van der Waals surface area contributed by atoms with Crippen LogP contribution in [-0.2, 0) is 16.1 Å². The molecule has 1 atom stereocenters. The molecule has 0 bridgehead atoms. The van der Waals surface area contributed by atoms with E-state index in [9.17, 15) is 14.7 Å². The number of Topliss-reactive ketones (excluding diaryl/α,β-unsaturated/α-hetero) is 1. The van der Waals surface area contributed by atoms with Crippen LogP contribution in [0.2, 0.25) is 0 Å². The topological polar surface area (TPSA) is 92.9 Å². The molecule has 0 radical (unpaired) electrons. The van der Waals surface area contributed by atoms with Gasteiger partial charge in [0.05, 0.1) is 31.0 Å². The van der Waals surface area contributed by atoms with Gasteiger partial charge < -0.3 is 19.2 Å². The zero-order valence-corrected chi connectivity index (χ0v) is 17.7. The van der Waals surface area contributed by atoms with Crippen molar-refractivity contribution < 1.29 is 23.8 Å². The summed E-state index contributed by atoms with van der Waals surface area (Å²) >= 11 is 0. The van der Waals surface area contributed by atoms with Gasteiger partial charge in [0.1, 0.15) is 17.3 Å². The number of aliphatic hydroxyl groups is 1. The highest BCUT2D eigenvalue weighted by Gasteiger charge is 2.46. The second kappa shape index (κ2) is 9.51. The summed E-state index contributed by atoms with van der Waals surface area (Å²) in [6.45, 7) is 2.75. The molecule has 1 unspecified atom stereocenters. The normalized spacial score (nSPS) is 17.7. The van der Waals surface area contributed by atoms with E-state index in [1.165, 1.54) is 23.6 Å². The number of aliphatic hydroxyl groups excluding tert-OH is 1. The van der Waals surface area contributed by atoms with Gasteiger partial charge in [-0.25, -0.2) is 0 Å². The molecule has 0 aliphatic carbocycles. The number of amides is 1. The Balaban J connectivity index is 1.79. The highest BCUT2D eigenvalue weighted by molar-refractivity contribution is 6.46. The van der Waals surface area contributed by atoms with Crippen LogP contribution in [0.1, 0.15) is 42.7 Å². The van der Waals surface area contributed by atoms with Crippen molar-refractivity contribution in [2.45, 2.75) is 32.4 Å². The van der Waals surface area contributed by atoms with Crippen molar-refractivity contribution in [3.8, 4) is 5.75 Å². The maximum Gasteiger partial charge on any atom is 0.296 e. The van der Waals surface area contributed by atoms with Crippen LogP contribution in [0.25, 0.3) is 5.76 Å². The van der Waals surface area contributed by atoms with E-state index in [0.717, 1.165) is 12.8 Å². The molecule has 4 rings (SSSR count). The van der Waals surface area contributed by atoms with E-state index < -0.39 is 17.7 Å². The summed E-state index contributed by atoms with van der Waals surface area (Å²) in [5, 5.41) is 11.0. The Morgan fingerprint density at radius 1 is 1.16 bits per heavy atom. The molecule has 32 heavy (non-hydrogen) atoms. The fourth-order valence-electron chi connectivity index (χ4n) is 3.73. The second-order valence-corrected chi connectivity index (χ2v) is 7.52. The quantitative estimate of drug-likeness (QED) is 0.244. The van der Waals surface area contributed by atoms with Gasteiger partial charge in [0.15, 0.2) is 0 Å². The van der Waals surface area contributed by atoms with Crippen LogP contribution in [0.3, 0.4) is 0 Å². The van der Waals surface area contributed by atoms with E-state index in [1.54, 1.807) is 30.3 Å². The maximum atomic E-state index is 13.1. The van der Waals surface area contributed by atoms with Gasteiger partial charge in [-0.05, 0) is 48.4 Å². The van der Waals surface area contributed by atoms with Crippen LogP contribution in [0, 0.1) is 0 Å². The Morgan fingerprint density at radius 3 is 2.69 bits per heavy atom. The van der Waals surface area contributed by atoms with Crippen molar-refractivity contribution in [3.05, 3.63) is 89.6 Å². The number of furan rings is 1. The minimum Gasteiger partial charge on any atom is -0.507 e. The molecule has 1 aliphatic rings. The van der Waals surface area contributed by atoms with Crippen LogP contribution in [0.5, 0.6) is 5.75 Å². The number of ether oxygens (including phenoxy) is 1. The first-order valence-electron chi connectivity index (χ1n) is 10.5. The molecule has 0 saturated carbocycles. The number of ketones is 1. The molecular weight excluding hydrogens is 408 g/mol. The molecule has 1 N–H and O–H groups in total. The lowest BCUT2D eigenvalue weighted by atomic mass is 9.95. The summed E-state index contributed by atoms with van der Waals surface area (Å²) in [5.41, 5.74) is 1.11. The van der Waals surface area contributed by atoms with Crippen LogP contribution < -0.4 is 4.74 Å². The fourth-order valence-corrected chi connectivity index (χ4v) is 3.73. The summed E-state index contributed by atoms with van der Waals surface area (Å²) in [5.74, 6) is -0.498. The number of aromatic nitrogens is 1. The molecule has 3 heterocycles. The van der Waals surface area contributed by atoms with Gasteiger partial charge in [0.25, 0.3) is 11.7 Å². The first kappa shape index (κ1) is 21.4. The van der Waals surface area contributed by atoms with Crippen LogP contribution in [0.4, 0.5) is 0 Å².